The predicted molar refractivity (Wildman–Crippen MR) is 72.9 cm³/mol. The Kier molecular flexibility index (Phi) is 3.23. The first-order valence-corrected chi connectivity index (χ1v) is 6.19. The van der Waals surface area contributed by atoms with Crippen molar-refractivity contribution >= 4 is 17.1 Å². The third-order valence-corrected chi connectivity index (χ3v) is 2.79. The van der Waals surface area contributed by atoms with Gasteiger partial charge in [0, 0.05) is 5.56 Å². The number of hydrogen-bond donors (Lipinski definition) is 1. The van der Waals surface area contributed by atoms with Crippen LogP contribution in [0.2, 0.25) is 0 Å². The summed E-state index contributed by atoms with van der Waals surface area (Å²) < 4.78 is 10.4. The summed E-state index contributed by atoms with van der Waals surface area (Å²) in [7, 11) is 0. The molecule has 0 aliphatic rings. The largest absolute Gasteiger partial charge is 0.479 e. The Morgan fingerprint density at radius 1 is 1.29 bits per heavy atom. The van der Waals surface area contributed by atoms with Crippen molar-refractivity contribution in [3.8, 4) is 17.1 Å². The molecule has 3 aromatic rings. The van der Waals surface area contributed by atoms with Crippen LogP contribution < -0.4 is 4.74 Å². The first kappa shape index (κ1) is 13.0. The van der Waals surface area contributed by atoms with E-state index in [0.717, 1.165) is 5.56 Å². The molecule has 1 N–H and O–H groups in total. The Bertz CT molecular complexity index is 799. The Hall–Kier alpha value is -2.96. The Balaban J connectivity index is 2.16. The number of aromatic nitrogens is 3. The molecule has 0 aliphatic heterocycles. The lowest BCUT2D eigenvalue weighted by Crippen LogP contribution is -2.11. The van der Waals surface area contributed by atoms with Gasteiger partial charge in [-0.1, -0.05) is 35.5 Å². The van der Waals surface area contributed by atoms with Crippen molar-refractivity contribution in [2.24, 2.45) is 0 Å². The molecular formula is C14H11N3O4. The van der Waals surface area contributed by atoms with E-state index in [1.165, 1.54) is 0 Å². The Labute approximate surface area is 119 Å². The van der Waals surface area contributed by atoms with E-state index in [-0.39, 0.29) is 11.6 Å². The molecule has 0 bridgehead atoms. The number of benzene rings is 1. The van der Waals surface area contributed by atoms with Crippen molar-refractivity contribution in [2.45, 2.75) is 6.92 Å². The molecule has 0 spiro atoms. The molecule has 1 aromatic carbocycles. The van der Waals surface area contributed by atoms with Crippen LogP contribution in [0.15, 0.2) is 34.9 Å². The molecular weight excluding hydrogens is 274 g/mol. The van der Waals surface area contributed by atoms with Crippen LogP contribution in [-0.2, 0) is 4.79 Å². The first-order chi connectivity index (χ1) is 10.1. The lowest BCUT2D eigenvalue weighted by Gasteiger charge is -2.04. The number of fused-ring (bicyclic) bond motifs is 1. The first-order valence-electron chi connectivity index (χ1n) is 6.19. The van der Waals surface area contributed by atoms with E-state index >= 15 is 0 Å². The zero-order valence-corrected chi connectivity index (χ0v) is 11.1. The highest BCUT2D eigenvalue weighted by molar-refractivity contribution is 5.93. The predicted octanol–water partition coefficient (Wildman–Crippen LogP) is 2.06. The van der Waals surface area contributed by atoms with E-state index in [4.69, 9.17) is 14.4 Å². The van der Waals surface area contributed by atoms with E-state index in [9.17, 15) is 4.79 Å². The molecule has 106 valence electrons. The zero-order valence-electron chi connectivity index (χ0n) is 11.1. The van der Waals surface area contributed by atoms with Crippen molar-refractivity contribution in [1.29, 1.82) is 0 Å². The number of hydrogen-bond acceptors (Lipinski definition) is 6. The monoisotopic (exact) mass is 285 g/mol. The summed E-state index contributed by atoms with van der Waals surface area (Å²) in [5, 5.41) is 13.2. The normalized spacial score (nSPS) is 10.7. The number of carboxylic acid groups (broad SMARTS) is 1. The molecule has 21 heavy (non-hydrogen) atoms. The maximum absolute atomic E-state index is 10.7. The van der Waals surface area contributed by atoms with Crippen LogP contribution in [0.1, 0.15) is 5.82 Å². The average Bonchev–Trinajstić information content (AvgIpc) is 2.89. The summed E-state index contributed by atoms with van der Waals surface area (Å²) in [6.07, 6.45) is 0. The molecule has 0 saturated heterocycles. The van der Waals surface area contributed by atoms with Crippen molar-refractivity contribution in [2.75, 3.05) is 6.61 Å². The zero-order chi connectivity index (χ0) is 14.8. The third kappa shape index (κ3) is 2.53. The van der Waals surface area contributed by atoms with Crippen molar-refractivity contribution < 1.29 is 19.2 Å². The molecule has 0 atom stereocenters. The van der Waals surface area contributed by atoms with Gasteiger partial charge in [-0.15, -0.1) is 0 Å². The second kappa shape index (κ2) is 5.20. The molecule has 0 radical (unpaired) electrons. The quantitative estimate of drug-likeness (QED) is 0.783. The van der Waals surface area contributed by atoms with Crippen molar-refractivity contribution in [3.63, 3.8) is 0 Å². The highest BCUT2D eigenvalue weighted by Crippen LogP contribution is 2.32. The fourth-order valence-electron chi connectivity index (χ4n) is 1.95. The number of rotatable bonds is 4. The summed E-state index contributed by atoms with van der Waals surface area (Å²) in [5.41, 5.74) is 1.59. The van der Waals surface area contributed by atoms with Gasteiger partial charge in [0.2, 0.25) is 5.88 Å². The van der Waals surface area contributed by atoms with Crippen molar-refractivity contribution in [3.05, 3.63) is 36.2 Å². The van der Waals surface area contributed by atoms with Gasteiger partial charge in [0.05, 0.1) is 0 Å². The van der Waals surface area contributed by atoms with E-state index < -0.39 is 12.6 Å². The molecule has 0 unspecified atom stereocenters. The topological polar surface area (TPSA) is 98.3 Å². The summed E-state index contributed by atoms with van der Waals surface area (Å²) in [4.78, 5) is 19.0. The minimum absolute atomic E-state index is 0.153. The minimum Gasteiger partial charge on any atom is -0.479 e. The Morgan fingerprint density at radius 3 is 2.76 bits per heavy atom. The molecule has 3 rings (SSSR count). The van der Waals surface area contributed by atoms with Crippen LogP contribution in [0, 0.1) is 6.92 Å². The van der Waals surface area contributed by atoms with Gasteiger partial charge in [0.15, 0.2) is 6.61 Å². The second-order valence-electron chi connectivity index (χ2n) is 4.34. The smallest absolute Gasteiger partial charge is 0.341 e. The van der Waals surface area contributed by atoms with E-state index in [1.54, 1.807) is 6.92 Å². The molecule has 0 fully saturated rings. The molecule has 7 heteroatoms. The maximum atomic E-state index is 10.7. The third-order valence-electron chi connectivity index (χ3n) is 2.79. The standard InChI is InChI=1S/C14H11N3O4/c1-8-15-13(20-7-10(18)19)11-12(17-21-14(11)16-8)9-5-3-2-4-6-9/h2-6H,7H2,1H3,(H,18,19). The lowest BCUT2D eigenvalue weighted by molar-refractivity contribution is -0.139. The fraction of sp³-hybridized carbons (Fsp3) is 0.143. The second-order valence-corrected chi connectivity index (χ2v) is 4.34. The number of aryl methyl sites for hydroxylation is 1. The number of carboxylic acids is 1. The van der Waals surface area contributed by atoms with Crippen molar-refractivity contribution in [1.82, 2.24) is 15.1 Å². The number of nitrogens with zero attached hydrogens (tertiary/aromatic N) is 3. The van der Waals surface area contributed by atoms with Gasteiger partial charge in [-0.05, 0) is 6.92 Å². The molecule has 7 nitrogen and oxygen atoms in total. The molecule has 2 aromatic heterocycles. The highest BCUT2D eigenvalue weighted by Gasteiger charge is 2.19. The van der Waals surface area contributed by atoms with Gasteiger partial charge in [0.25, 0.3) is 5.71 Å². The van der Waals surface area contributed by atoms with Crippen LogP contribution in [0.25, 0.3) is 22.4 Å². The summed E-state index contributed by atoms with van der Waals surface area (Å²) in [5.74, 6) is -0.518. The number of carbonyl (C=O) groups is 1. The van der Waals surface area contributed by atoms with Gasteiger partial charge in [0.1, 0.15) is 16.9 Å². The number of ether oxygens (including phenoxy) is 1. The summed E-state index contributed by atoms with van der Waals surface area (Å²) in [6, 6.07) is 9.33. The van der Waals surface area contributed by atoms with Gasteiger partial charge in [-0.25, -0.2) is 4.79 Å². The van der Waals surface area contributed by atoms with Gasteiger partial charge in [-0.2, -0.15) is 9.97 Å². The fourth-order valence-corrected chi connectivity index (χ4v) is 1.95. The van der Waals surface area contributed by atoms with E-state index in [1.807, 2.05) is 30.3 Å². The SMILES string of the molecule is Cc1nc(OCC(=O)O)c2c(-c3ccccc3)noc2n1. The van der Waals surface area contributed by atoms with Crippen LogP contribution in [0.4, 0.5) is 0 Å². The average molecular weight is 285 g/mol. The molecule has 0 aliphatic carbocycles. The summed E-state index contributed by atoms with van der Waals surface area (Å²) in [6.45, 7) is 1.17. The maximum Gasteiger partial charge on any atom is 0.341 e. The van der Waals surface area contributed by atoms with Crippen LogP contribution in [-0.4, -0.2) is 32.8 Å². The molecule has 0 saturated carbocycles. The Morgan fingerprint density at radius 2 is 2.05 bits per heavy atom. The van der Waals surface area contributed by atoms with Crippen LogP contribution in [0.5, 0.6) is 5.88 Å². The lowest BCUT2D eigenvalue weighted by atomic mass is 10.1. The van der Waals surface area contributed by atoms with Crippen LogP contribution >= 0.6 is 0 Å². The molecule has 2 heterocycles. The van der Waals surface area contributed by atoms with Gasteiger partial charge >= 0.3 is 5.97 Å². The minimum atomic E-state index is -1.09. The summed E-state index contributed by atoms with van der Waals surface area (Å²) >= 11 is 0. The van der Waals surface area contributed by atoms with Crippen LogP contribution in [0.3, 0.4) is 0 Å². The van der Waals surface area contributed by atoms with Gasteiger partial charge < -0.3 is 14.4 Å². The molecule has 0 amide bonds. The number of aliphatic carboxylic acids is 1. The van der Waals surface area contributed by atoms with Gasteiger partial charge in [-0.3, -0.25) is 0 Å². The highest BCUT2D eigenvalue weighted by atomic mass is 16.5. The van der Waals surface area contributed by atoms with E-state index in [0.29, 0.717) is 16.9 Å². The van der Waals surface area contributed by atoms with E-state index in [2.05, 4.69) is 15.1 Å².